The SMILES string of the molecule is COC(=O)NC[C@H]1CN(c2ccc(N3CCOC3=O)c(F)c2)C(=O)O1. The lowest BCUT2D eigenvalue weighted by Crippen LogP contribution is -2.34. The molecule has 0 spiro atoms. The van der Waals surface area contributed by atoms with Crippen molar-refractivity contribution < 1.29 is 33.0 Å². The number of benzene rings is 1. The summed E-state index contributed by atoms with van der Waals surface area (Å²) in [6.07, 6.45) is -2.48. The highest BCUT2D eigenvalue weighted by atomic mass is 19.1. The average molecular weight is 353 g/mol. The van der Waals surface area contributed by atoms with E-state index < -0.39 is 30.2 Å². The number of anilines is 2. The molecule has 0 radical (unpaired) electrons. The van der Waals surface area contributed by atoms with Crippen molar-refractivity contribution >= 4 is 29.7 Å². The van der Waals surface area contributed by atoms with Gasteiger partial charge in [-0.05, 0) is 18.2 Å². The number of hydrogen-bond acceptors (Lipinski definition) is 6. The van der Waals surface area contributed by atoms with Gasteiger partial charge in [-0.3, -0.25) is 9.80 Å². The Morgan fingerprint density at radius 2 is 2.16 bits per heavy atom. The minimum Gasteiger partial charge on any atom is -0.453 e. The molecular formula is C15H16FN3O6. The van der Waals surface area contributed by atoms with Gasteiger partial charge in [0, 0.05) is 0 Å². The molecule has 0 saturated carbocycles. The van der Waals surface area contributed by atoms with E-state index >= 15 is 0 Å². The highest BCUT2D eigenvalue weighted by Gasteiger charge is 2.33. The molecule has 1 atom stereocenters. The molecule has 1 N–H and O–H groups in total. The summed E-state index contributed by atoms with van der Waals surface area (Å²) in [5.74, 6) is -0.653. The number of amides is 3. The Bertz CT molecular complexity index is 713. The van der Waals surface area contributed by atoms with E-state index in [0.29, 0.717) is 5.69 Å². The van der Waals surface area contributed by atoms with Crippen LogP contribution in [0.2, 0.25) is 0 Å². The molecule has 0 unspecified atom stereocenters. The van der Waals surface area contributed by atoms with Gasteiger partial charge in [-0.25, -0.2) is 18.8 Å². The van der Waals surface area contributed by atoms with Crippen LogP contribution < -0.4 is 15.1 Å². The number of cyclic esters (lactones) is 2. The predicted octanol–water partition coefficient (Wildman–Crippen LogP) is 1.46. The van der Waals surface area contributed by atoms with Gasteiger partial charge in [-0.2, -0.15) is 0 Å². The van der Waals surface area contributed by atoms with Crippen LogP contribution in [0.1, 0.15) is 0 Å². The van der Waals surface area contributed by atoms with E-state index in [4.69, 9.17) is 9.47 Å². The highest BCUT2D eigenvalue weighted by molar-refractivity contribution is 5.92. The molecule has 2 heterocycles. The number of ether oxygens (including phenoxy) is 3. The molecule has 3 amide bonds. The van der Waals surface area contributed by atoms with Crippen LogP contribution in [0.3, 0.4) is 0 Å². The van der Waals surface area contributed by atoms with Crippen molar-refractivity contribution in [2.45, 2.75) is 6.10 Å². The van der Waals surface area contributed by atoms with Crippen LogP contribution >= 0.6 is 0 Å². The maximum Gasteiger partial charge on any atom is 0.414 e. The number of carbonyl (C=O) groups is 3. The molecule has 0 aromatic heterocycles. The number of nitrogens with one attached hydrogen (secondary N) is 1. The van der Waals surface area contributed by atoms with E-state index in [0.717, 1.165) is 6.07 Å². The molecule has 2 fully saturated rings. The summed E-state index contributed by atoms with van der Waals surface area (Å²) >= 11 is 0. The fourth-order valence-corrected chi connectivity index (χ4v) is 2.60. The largest absolute Gasteiger partial charge is 0.453 e. The number of halogens is 1. The quantitative estimate of drug-likeness (QED) is 0.823. The molecule has 0 aliphatic carbocycles. The second-order valence-corrected chi connectivity index (χ2v) is 5.39. The zero-order valence-corrected chi connectivity index (χ0v) is 13.4. The molecular weight excluding hydrogens is 337 g/mol. The molecule has 1 aromatic carbocycles. The normalized spacial score (nSPS) is 19.7. The Morgan fingerprint density at radius 1 is 1.36 bits per heavy atom. The maximum atomic E-state index is 14.4. The fourth-order valence-electron chi connectivity index (χ4n) is 2.60. The van der Waals surface area contributed by atoms with Gasteiger partial charge in [0.05, 0.1) is 38.1 Å². The average Bonchev–Trinajstić information content (AvgIpc) is 3.18. The van der Waals surface area contributed by atoms with Gasteiger partial charge < -0.3 is 19.5 Å². The van der Waals surface area contributed by atoms with Gasteiger partial charge in [-0.1, -0.05) is 0 Å². The Labute approximate surface area is 142 Å². The molecule has 25 heavy (non-hydrogen) atoms. The first-order valence-electron chi connectivity index (χ1n) is 7.53. The third kappa shape index (κ3) is 3.42. The summed E-state index contributed by atoms with van der Waals surface area (Å²) in [5, 5.41) is 2.43. The lowest BCUT2D eigenvalue weighted by atomic mass is 10.2. The molecule has 2 aliphatic rings. The molecule has 2 aliphatic heterocycles. The first-order valence-corrected chi connectivity index (χ1v) is 7.53. The zero-order valence-electron chi connectivity index (χ0n) is 13.4. The third-order valence-corrected chi connectivity index (χ3v) is 3.83. The van der Waals surface area contributed by atoms with Gasteiger partial charge in [0.1, 0.15) is 18.5 Å². The van der Waals surface area contributed by atoms with E-state index in [9.17, 15) is 18.8 Å². The van der Waals surface area contributed by atoms with Crippen molar-refractivity contribution in [2.24, 2.45) is 0 Å². The number of nitrogens with zero attached hydrogens (tertiary/aromatic N) is 2. The van der Waals surface area contributed by atoms with Crippen LogP contribution in [0.5, 0.6) is 0 Å². The Balaban J connectivity index is 1.69. The number of hydrogen-bond donors (Lipinski definition) is 1. The van der Waals surface area contributed by atoms with E-state index in [1.54, 1.807) is 0 Å². The third-order valence-electron chi connectivity index (χ3n) is 3.83. The smallest absolute Gasteiger partial charge is 0.414 e. The monoisotopic (exact) mass is 353 g/mol. The van der Waals surface area contributed by atoms with Crippen LogP contribution in [0.15, 0.2) is 18.2 Å². The van der Waals surface area contributed by atoms with Gasteiger partial charge in [0.15, 0.2) is 0 Å². The number of rotatable bonds is 4. The summed E-state index contributed by atoms with van der Waals surface area (Å²) in [4.78, 5) is 37.0. The van der Waals surface area contributed by atoms with Crippen molar-refractivity contribution in [1.29, 1.82) is 0 Å². The predicted molar refractivity (Wildman–Crippen MR) is 83.1 cm³/mol. The first-order chi connectivity index (χ1) is 12.0. The highest BCUT2D eigenvalue weighted by Crippen LogP contribution is 2.29. The lowest BCUT2D eigenvalue weighted by molar-refractivity contribution is 0.132. The van der Waals surface area contributed by atoms with E-state index in [2.05, 4.69) is 10.1 Å². The van der Waals surface area contributed by atoms with Gasteiger partial charge >= 0.3 is 18.3 Å². The van der Waals surface area contributed by atoms with Gasteiger partial charge in [0.25, 0.3) is 0 Å². The van der Waals surface area contributed by atoms with Crippen molar-refractivity contribution in [2.75, 3.05) is 43.2 Å². The number of alkyl carbamates (subject to hydrolysis) is 1. The van der Waals surface area contributed by atoms with Crippen molar-refractivity contribution in [3.05, 3.63) is 24.0 Å². The van der Waals surface area contributed by atoms with E-state index in [-0.39, 0.29) is 31.9 Å². The second-order valence-electron chi connectivity index (χ2n) is 5.39. The Kier molecular flexibility index (Phi) is 4.59. The number of methoxy groups -OCH3 is 1. The van der Waals surface area contributed by atoms with Crippen LogP contribution in [0.25, 0.3) is 0 Å². The zero-order chi connectivity index (χ0) is 18.0. The van der Waals surface area contributed by atoms with E-state index in [1.165, 1.54) is 29.0 Å². The first kappa shape index (κ1) is 16.8. The molecule has 134 valence electrons. The second kappa shape index (κ2) is 6.83. The van der Waals surface area contributed by atoms with Crippen LogP contribution in [-0.2, 0) is 14.2 Å². The minimum atomic E-state index is -0.653. The summed E-state index contributed by atoms with van der Waals surface area (Å²) < 4.78 is 28.7. The molecule has 9 nitrogen and oxygen atoms in total. The molecule has 10 heteroatoms. The van der Waals surface area contributed by atoms with Crippen LogP contribution in [-0.4, -0.2) is 57.7 Å². The van der Waals surface area contributed by atoms with E-state index in [1.807, 2.05) is 0 Å². The molecule has 0 bridgehead atoms. The Morgan fingerprint density at radius 3 is 2.80 bits per heavy atom. The summed E-state index contributed by atoms with van der Waals surface area (Å²) in [5.41, 5.74) is 0.377. The standard InChI is InChI=1S/C15H16FN3O6/c1-23-13(20)17-7-10-8-19(15(22)25-10)9-2-3-12(11(16)6-9)18-4-5-24-14(18)21/h2-3,6,10H,4-5,7-8H2,1H3,(H,17,20)/t10-/m0/s1. The molecule has 2 saturated heterocycles. The summed E-state index contributed by atoms with van der Waals surface area (Å²) in [6, 6.07) is 4.07. The fraction of sp³-hybridized carbons (Fsp3) is 0.400. The van der Waals surface area contributed by atoms with Crippen molar-refractivity contribution in [3.63, 3.8) is 0 Å². The van der Waals surface area contributed by atoms with Crippen molar-refractivity contribution in [1.82, 2.24) is 5.32 Å². The summed E-state index contributed by atoms with van der Waals surface area (Å²) in [6.45, 7) is 0.692. The summed E-state index contributed by atoms with van der Waals surface area (Å²) in [7, 11) is 1.22. The van der Waals surface area contributed by atoms with Crippen LogP contribution in [0, 0.1) is 5.82 Å². The minimum absolute atomic E-state index is 0.0785. The lowest BCUT2D eigenvalue weighted by Gasteiger charge is -2.17. The number of carbonyl (C=O) groups excluding carboxylic acids is 3. The maximum absolute atomic E-state index is 14.4. The van der Waals surface area contributed by atoms with Crippen LogP contribution in [0.4, 0.5) is 30.1 Å². The van der Waals surface area contributed by atoms with Crippen molar-refractivity contribution in [3.8, 4) is 0 Å². The topological polar surface area (TPSA) is 97.4 Å². The van der Waals surface area contributed by atoms with Gasteiger partial charge in [0.2, 0.25) is 0 Å². The Hall–Kier alpha value is -3.04. The molecule has 1 aromatic rings. The molecule has 3 rings (SSSR count). The van der Waals surface area contributed by atoms with Gasteiger partial charge in [-0.15, -0.1) is 0 Å².